The maximum absolute atomic E-state index is 12.5. The first-order valence-electron chi connectivity index (χ1n) is 12.1. The highest BCUT2D eigenvalue weighted by Crippen LogP contribution is 2.44. The van der Waals surface area contributed by atoms with E-state index < -0.39 is 24.0 Å². The van der Waals surface area contributed by atoms with Crippen LogP contribution in [0.5, 0.6) is 0 Å². The first kappa shape index (κ1) is 24.7. The Labute approximate surface area is 205 Å². The van der Waals surface area contributed by atoms with Gasteiger partial charge in [0, 0.05) is 12.5 Å². The summed E-state index contributed by atoms with van der Waals surface area (Å²) in [6, 6.07) is 15.4. The van der Waals surface area contributed by atoms with Gasteiger partial charge in [0.25, 0.3) is 0 Å². The summed E-state index contributed by atoms with van der Waals surface area (Å²) < 4.78 is 11.2. The predicted molar refractivity (Wildman–Crippen MR) is 130 cm³/mol. The van der Waals surface area contributed by atoms with E-state index in [2.05, 4.69) is 34.9 Å². The third kappa shape index (κ3) is 5.82. The third-order valence-electron chi connectivity index (χ3n) is 6.59. The van der Waals surface area contributed by atoms with Crippen LogP contribution in [-0.2, 0) is 19.1 Å². The van der Waals surface area contributed by atoms with E-state index in [1.54, 1.807) is 0 Å². The monoisotopic (exact) mass is 480 g/mol. The molecule has 8 nitrogen and oxygen atoms in total. The summed E-state index contributed by atoms with van der Waals surface area (Å²) in [5, 5.41) is 14.7. The van der Waals surface area contributed by atoms with E-state index in [9.17, 15) is 19.5 Å². The quantitative estimate of drug-likeness (QED) is 0.506. The van der Waals surface area contributed by atoms with E-state index in [1.807, 2.05) is 38.1 Å². The van der Waals surface area contributed by atoms with Gasteiger partial charge in [0.2, 0.25) is 5.91 Å². The number of alkyl carbamates (subject to hydrolysis) is 1. The number of amides is 2. The molecule has 4 rings (SSSR count). The highest BCUT2D eigenvalue weighted by atomic mass is 16.5. The van der Waals surface area contributed by atoms with E-state index in [0.717, 1.165) is 11.1 Å². The second-order valence-corrected chi connectivity index (χ2v) is 9.62. The molecule has 186 valence electrons. The predicted octanol–water partition coefficient (Wildman–Crippen LogP) is 3.55. The molecule has 0 spiro atoms. The molecule has 2 unspecified atom stereocenters. The summed E-state index contributed by atoms with van der Waals surface area (Å²) in [7, 11) is 0. The van der Waals surface area contributed by atoms with Crippen molar-refractivity contribution < 1.29 is 29.0 Å². The fraction of sp³-hybridized carbons (Fsp3) is 0.444. The molecule has 1 heterocycles. The number of benzene rings is 2. The van der Waals surface area contributed by atoms with Crippen molar-refractivity contribution in [3.05, 3.63) is 59.7 Å². The number of ether oxygens (including phenoxy) is 2. The number of carbonyl (C=O) groups is 3. The number of aliphatic carboxylic acids is 1. The van der Waals surface area contributed by atoms with Crippen LogP contribution >= 0.6 is 0 Å². The molecule has 2 aromatic carbocycles. The number of carboxylic acid groups (broad SMARTS) is 1. The molecular formula is C27H32N2O6. The zero-order valence-electron chi connectivity index (χ0n) is 20.0. The van der Waals surface area contributed by atoms with Gasteiger partial charge >= 0.3 is 12.1 Å². The maximum Gasteiger partial charge on any atom is 0.407 e. The molecule has 1 fully saturated rings. The van der Waals surface area contributed by atoms with Crippen LogP contribution < -0.4 is 10.6 Å². The Morgan fingerprint density at radius 2 is 1.69 bits per heavy atom. The van der Waals surface area contributed by atoms with E-state index in [0.29, 0.717) is 12.8 Å². The zero-order valence-corrected chi connectivity index (χ0v) is 20.0. The molecule has 3 atom stereocenters. The molecule has 0 saturated carbocycles. The summed E-state index contributed by atoms with van der Waals surface area (Å²) in [5.41, 5.74) is 4.62. The van der Waals surface area contributed by atoms with Crippen LogP contribution in [0.4, 0.5) is 4.79 Å². The third-order valence-corrected chi connectivity index (χ3v) is 6.59. The normalized spacial score (nSPS) is 19.6. The summed E-state index contributed by atoms with van der Waals surface area (Å²) in [4.78, 5) is 36.3. The lowest BCUT2D eigenvalue weighted by molar-refractivity contribution is -0.143. The molecule has 2 amide bonds. The molecule has 1 aliphatic carbocycles. The SMILES string of the molecule is CC(C)C[C@@H](NC(=O)C1COC(CNC(=O)OCC2c3ccccc3-c3ccccc32)C1)C(=O)O. The Balaban J connectivity index is 1.24. The van der Waals surface area contributed by atoms with Gasteiger partial charge in [-0.2, -0.15) is 0 Å². The van der Waals surface area contributed by atoms with E-state index in [1.165, 1.54) is 11.1 Å². The zero-order chi connectivity index (χ0) is 24.9. The highest BCUT2D eigenvalue weighted by Gasteiger charge is 2.34. The van der Waals surface area contributed by atoms with Gasteiger partial charge in [0.15, 0.2) is 0 Å². The van der Waals surface area contributed by atoms with Crippen LogP contribution in [-0.4, -0.2) is 55.0 Å². The minimum absolute atomic E-state index is 0.0167. The van der Waals surface area contributed by atoms with Gasteiger partial charge < -0.3 is 25.2 Å². The molecular weight excluding hydrogens is 448 g/mol. The minimum atomic E-state index is -1.04. The van der Waals surface area contributed by atoms with Crippen LogP contribution in [0.3, 0.4) is 0 Å². The average Bonchev–Trinajstić information content (AvgIpc) is 3.44. The lowest BCUT2D eigenvalue weighted by atomic mass is 9.98. The van der Waals surface area contributed by atoms with Gasteiger partial charge in [0.1, 0.15) is 12.6 Å². The molecule has 1 aliphatic heterocycles. The number of nitrogens with one attached hydrogen (secondary N) is 2. The standard InChI is InChI=1S/C27H32N2O6/c1-16(2)11-24(26(31)32)29-25(30)17-12-18(34-14-17)13-28-27(33)35-15-23-21-9-5-3-7-19(21)20-8-4-6-10-22(20)23/h3-10,16-18,23-24H,11-15H2,1-2H3,(H,28,33)(H,29,30)(H,31,32)/t17?,18?,24-/m1/s1. The van der Waals surface area contributed by atoms with Gasteiger partial charge in [0.05, 0.1) is 18.6 Å². The summed E-state index contributed by atoms with van der Waals surface area (Å²) in [5.74, 6) is -1.69. The second-order valence-electron chi connectivity index (χ2n) is 9.62. The molecule has 2 aromatic rings. The molecule has 0 bridgehead atoms. The Morgan fingerprint density at radius 3 is 2.29 bits per heavy atom. The lowest BCUT2D eigenvalue weighted by Crippen LogP contribution is -2.44. The number of hydrogen-bond donors (Lipinski definition) is 3. The fourth-order valence-electron chi connectivity index (χ4n) is 4.86. The van der Waals surface area contributed by atoms with Crippen LogP contribution in [0.15, 0.2) is 48.5 Å². The molecule has 0 aromatic heterocycles. The smallest absolute Gasteiger partial charge is 0.407 e. The van der Waals surface area contributed by atoms with E-state index in [-0.39, 0.29) is 43.6 Å². The Morgan fingerprint density at radius 1 is 1.06 bits per heavy atom. The van der Waals surface area contributed by atoms with Crippen LogP contribution in [0, 0.1) is 11.8 Å². The average molecular weight is 481 g/mol. The number of fused-ring (bicyclic) bond motifs is 3. The molecule has 2 aliphatic rings. The van der Waals surface area contributed by atoms with Crippen LogP contribution in [0.25, 0.3) is 11.1 Å². The Kier molecular flexibility index (Phi) is 7.70. The van der Waals surface area contributed by atoms with Crippen LogP contribution in [0.1, 0.15) is 43.7 Å². The molecule has 0 radical (unpaired) electrons. The van der Waals surface area contributed by atoms with Crippen molar-refractivity contribution in [1.29, 1.82) is 0 Å². The maximum atomic E-state index is 12.5. The molecule has 35 heavy (non-hydrogen) atoms. The number of rotatable bonds is 9. The van der Waals surface area contributed by atoms with Crippen molar-refractivity contribution in [2.24, 2.45) is 11.8 Å². The van der Waals surface area contributed by atoms with Crippen molar-refractivity contribution in [2.45, 2.75) is 44.8 Å². The summed E-state index contributed by atoms with van der Waals surface area (Å²) in [6.07, 6.45) is -0.101. The summed E-state index contributed by atoms with van der Waals surface area (Å²) >= 11 is 0. The lowest BCUT2D eigenvalue weighted by Gasteiger charge is -2.18. The fourth-order valence-corrected chi connectivity index (χ4v) is 4.86. The minimum Gasteiger partial charge on any atom is -0.480 e. The number of carbonyl (C=O) groups excluding carboxylic acids is 2. The molecule has 1 saturated heterocycles. The van der Waals surface area contributed by atoms with Gasteiger partial charge in [-0.1, -0.05) is 62.4 Å². The van der Waals surface area contributed by atoms with Crippen molar-refractivity contribution >= 4 is 18.0 Å². The Hall–Kier alpha value is -3.39. The van der Waals surface area contributed by atoms with Crippen molar-refractivity contribution in [3.63, 3.8) is 0 Å². The highest BCUT2D eigenvalue weighted by molar-refractivity contribution is 5.85. The van der Waals surface area contributed by atoms with Gasteiger partial charge in [-0.15, -0.1) is 0 Å². The first-order valence-corrected chi connectivity index (χ1v) is 12.1. The van der Waals surface area contributed by atoms with Gasteiger partial charge in [-0.25, -0.2) is 9.59 Å². The largest absolute Gasteiger partial charge is 0.480 e. The van der Waals surface area contributed by atoms with Crippen molar-refractivity contribution in [3.8, 4) is 11.1 Å². The van der Waals surface area contributed by atoms with Gasteiger partial charge in [-0.05, 0) is 41.0 Å². The molecule has 3 N–H and O–H groups in total. The molecule has 8 heteroatoms. The first-order chi connectivity index (χ1) is 16.8. The second kappa shape index (κ2) is 10.9. The van der Waals surface area contributed by atoms with E-state index in [4.69, 9.17) is 9.47 Å². The summed E-state index contributed by atoms with van der Waals surface area (Å²) in [6.45, 7) is 4.45. The van der Waals surface area contributed by atoms with Gasteiger partial charge in [-0.3, -0.25) is 4.79 Å². The number of hydrogen-bond acceptors (Lipinski definition) is 5. The Bertz CT molecular complexity index is 1040. The van der Waals surface area contributed by atoms with E-state index >= 15 is 0 Å². The van der Waals surface area contributed by atoms with Crippen molar-refractivity contribution in [2.75, 3.05) is 19.8 Å². The number of carboxylic acids is 1. The van der Waals surface area contributed by atoms with Crippen LogP contribution in [0.2, 0.25) is 0 Å². The van der Waals surface area contributed by atoms with Crippen molar-refractivity contribution in [1.82, 2.24) is 10.6 Å². The topological polar surface area (TPSA) is 114 Å².